The van der Waals surface area contributed by atoms with E-state index in [1.54, 1.807) is 0 Å². The van der Waals surface area contributed by atoms with E-state index in [0.717, 1.165) is 0 Å². The maximum Gasteiger partial charge on any atom is 0.155 e. The maximum absolute atomic E-state index is 11.4. The topological polar surface area (TPSA) is 17.1 Å². The van der Waals surface area contributed by atoms with Crippen LogP contribution in [0.15, 0.2) is 0 Å². The van der Waals surface area contributed by atoms with E-state index in [9.17, 15) is 4.21 Å². The second-order valence-electron chi connectivity index (χ2n) is 0.556. The van der Waals surface area contributed by atoms with E-state index < -0.39 is 28.5 Å². The Morgan fingerprint density at radius 2 is 2.67 bits per heavy atom. The van der Waals surface area contributed by atoms with Crippen LogP contribution in [0.5, 0.6) is 0 Å². The lowest BCUT2D eigenvalue weighted by molar-refractivity contribution is -0.00000269. The number of hydrogen-bond donors (Lipinski definition) is 0. The zero-order chi connectivity index (χ0) is 11.1. The monoisotopic (exact) mass is 230 g/mol. The first-order chi connectivity index (χ1) is 5.44. The summed E-state index contributed by atoms with van der Waals surface area (Å²) in [5, 5.41) is 0. The Morgan fingerprint density at radius 3 is 2.67 bits per heavy atom. The van der Waals surface area contributed by atoms with Crippen LogP contribution in [-0.2, 0) is 14.1 Å². The largest absolute Gasteiger partial charge is 1.00 e. The van der Waals surface area contributed by atoms with Crippen molar-refractivity contribution in [1.29, 1.82) is 0 Å². The maximum atomic E-state index is 11.4. The molecule has 0 saturated carbocycles. The highest BCUT2D eigenvalue weighted by Crippen LogP contribution is 1.82. The molecule has 41 valence electrons. The van der Waals surface area contributed by atoms with E-state index >= 15 is 0 Å². The standard InChI is InChI=1S/C3H8OS.HI.H2/c1-5(2,3)4;;/h1H2,2-3H3;2*1H/q+1;;/p-1/i1D2,2D3,3D3;;1+1. The second kappa shape index (κ2) is 2.96. The molecule has 1 radical (unpaired) electrons. The highest BCUT2D eigenvalue weighted by molar-refractivity contribution is 8.02. The van der Waals surface area contributed by atoms with Crippen molar-refractivity contribution in [3.8, 4) is 0 Å². The molecule has 0 aliphatic heterocycles. The van der Waals surface area contributed by atoms with Crippen molar-refractivity contribution in [2.45, 2.75) is 0 Å². The van der Waals surface area contributed by atoms with E-state index in [-0.39, 0.29) is 25.4 Å². The average Bonchev–Trinajstić information content (AvgIpc) is 1.80. The van der Waals surface area contributed by atoms with Gasteiger partial charge >= 0.3 is 0 Å². The summed E-state index contributed by atoms with van der Waals surface area (Å²) < 4.78 is 64.9. The quantitative estimate of drug-likeness (QED) is 0.368. The molecule has 0 aliphatic carbocycles. The summed E-state index contributed by atoms with van der Waals surface area (Å²) in [6, 6.07) is 0. The lowest BCUT2D eigenvalue weighted by Crippen LogP contribution is -3.00. The van der Waals surface area contributed by atoms with Crippen LogP contribution in [0.3, 0.4) is 0 Å². The fourth-order valence-corrected chi connectivity index (χ4v) is 0. The van der Waals surface area contributed by atoms with Crippen LogP contribution in [0.4, 0.5) is 0 Å². The van der Waals surface area contributed by atoms with Gasteiger partial charge in [0, 0.05) is 1.43 Å². The van der Waals surface area contributed by atoms with Crippen LogP contribution in [0.1, 0.15) is 12.4 Å². The van der Waals surface area contributed by atoms with Crippen molar-refractivity contribution in [2.24, 2.45) is 0 Å². The third-order valence-corrected chi connectivity index (χ3v) is 0. The molecule has 0 aromatic carbocycles. The summed E-state index contributed by atoms with van der Waals surface area (Å²) in [6.45, 7) is 0. The molecule has 0 unspecified atom stereocenters. The summed E-state index contributed by atoms with van der Waals surface area (Å²) in [4.78, 5) is 0. The first kappa shape index (κ1) is 1.43. The van der Waals surface area contributed by atoms with Crippen LogP contribution in [-0.4, -0.2) is 12.4 Å². The van der Waals surface area contributed by atoms with E-state index in [4.69, 9.17) is 11.0 Å². The summed E-state index contributed by atoms with van der Waals surface area (Å²) in [7, 11) is -4.59. The smallest absolute Gasteiger partial charge is 0.155 e. The highest BCUT2D eigenvalue weighted by atomic mass is 127. The van der Waals surface area contributed by atoms with Gasteiger partial charge in [0.15, 0.2) is 6.21 Å². The minimum Gasteiger partial charge on any atom is -1.00 e. The van der Waals surface area contributed by atoms with Crippen molar-refractivity contribution >= 4 is 9.93 Å². The zero-order valence-electron chi connectivity index (χ0n) is 10.7. The fraction of sp³-hybridized carbons (Fsp3) is 0.667. The van der Waals surface area contributed by atoms with Crippen LogP contribution >= 0.6 is 0 Å². The van der Waals surface area contributed by atoms with Gasteiger partial charge in [-0.2, -0.15) is 0 Å². The van der Waals surface area contributed by atoms with Gasteiger partial charge in [0.05, 0.1) is 20.9 Å². The predicted octanol–water partition coefficient (Wildman–Crippen LogP) is -2.21. The molecule has 0 fully saturated rings. The van der Waals surface area contributed by atoms with Gasteiger partial charge in [-0.3, -0.25) is 0 Å². The fourth-order valence-electron chi connectivity index (χ4n) is 0. The van der Waals surface area contributed by atoms with Crippen molar-refractivity contribution in [3.05, 3.63) is 6.21 Å². The Balaban J connectivity index is -0.000000720. The third kappa shape index (κ3) is 94.9. The number of rotatable bonds is 1. The molecule has 0 spiro atoms. The molecule has 0 saturated heterocycles. The first-order valence-corrected chi connectivity index (χ1v) is 2.34. The van der Waals surface area contributed by atoms with Crippen molar-refractivity contribution in [3.63, 3.8) is 0 Å². The molecule has 3 heteroatoms. The molecule has 0 aromatic heterocycles. The third-order valence-electron chi connectivity index (χ3n) is 0. The predicted molar refractivity (Wildman–Crippen MR) is 27.4 cm³/mol. The minimum absolute atomic E-state index is 0. The molecule has 0 atom stereocenters. The van der Waals surface area contributed by atoms with E-state index in [0.29, 0.717) is 0 Å². The van der Waals surface area contributed by atoms with Crippen LogP contribution in [0.25, 0.3) is 0 Å². The van der Waals surface area contributed by atoms with Gasteiger partial charge in [-0.25, -0.2) is 0 Å². The molecule has 0 bridgehead atoms. The second-order valence-corrected chi connectivity index (χ2v) is 1.67. The Morgan fingerprint density at radius 1 is 2.17 bits per heavy atom. The normalized spacial score (nSPS) is 34.2. The van der Waals surface area contributed by atoms with Gasteiger partial charge in [0.2, 0.25) is 0 Å². The van der Waals surface area contributed by atoms with Gasteiger partial charge in [0.1, 0.15) is 12.4 Å². The molecule has 0 aliphatic rings. The van der Waals surface area contributed by atoms with E-state index in [2.05, 4.69) is 0 Å². The van der Waals surface area contributed by atoms with Crippen LogP contribution in [0, 0.1) is 6.21 Å². The molecule has 0 rings (SSSR count). The van der Waals surface area contributed by atoms with Crippen molar-refractivity contribution < 1.29 is 40.6 Å². The number of hydrogen-bond acceptors (Lipinski definition) is 1. The van der Waals surface area contributed by atoms with Crippen molar-refractivity contribution in [2.75, 3.05) is 12.4 Å². The van der Waals surface area contributed by atoms with Gasteiger partial charge < -0.3 is 24.0 Å². The summed E-state index contributed by atoms with van der Waals surface area (Å²) in [5.41, 5.74) is 0. The molecule has 0 amide bonds. The Bertz CT molecular complexity index is 212. The summed E-state index contributed by atoms with van der Waals surface area (Å²) in [5.74, 6) is 0. The number of halogens is 1. The zero-order valence-corrected chi connectivity index (χ0v) is 5.67. The molecular weight excluding hydrogens is 211 g/mol. The van der Waals surface area contributed by atoms with Gasteiger partial charge in [-0.05, 0) is 0 Å². The van der Waals surface area contributed by atoms with Crippen LogP contribution < -0.4 is 24.0 Å². The summed E-state index contributed by atoms with van der Waals surface area (Å²) >= 11 is 0. The molecule has 6 heavy (non-hydrogen) atoms. The first-order valence-electron chi connectivity index (χ1n) is 4.78. The lowest BCUT2D eigenvalue weighted by atomic mass is 11.9. The van der Waals surface area contributed by atoms with Gasteiger partial charge in [-0.1, -0.05) is 0 Å². The summed E-state index contributed by atoms with van der Waals surface area (Å²) in [6.07, 6.45) is -8.23. The Hall–Kier alpha value is 0.880. The van der Waals surface area contributed by atoms with E-state index in [1.165, 1.54) is 0 Å². The Kier molecular flexibility index (Phi) is 0.707. The molecule has 0 aromatic rings. The van der Waals surface area contributed by atoms with Gasteiger partial charge in [0.25, 0.3) is 0 Å². The average molecular weight is 230 g/mol. The molecule has 0 N–H and O–H groups in total. The van der Waals surface area contributed by atoms with Crippen molar-refractivity contribution in [1.82, 2.24) is 0 Å². The van der Waals surface area contributed by atoms with Gasteiger partial charge in [-0.15, -0.1) is 4.21 Å². The van der Waals surface area contributed by atoms with E-state index in [1.807, 2.05) is 0 Å². The lowest BCUT2D eigenvalue weighted by Gasteiger charge is -1.79. The van der Waals surface area contributed by atoms with Crippen LogP contribution in [0.2, 0.25) is 0 Å². The Labute approximate surface area is 69.7 Å². The molecule has 0 heterocycles. The minimum atomic E-state index is -4.59. The molecule has 1 nitrogen and oxygen atoms in total. The highest BCUT2D eigenvalue weighted by Gasteiger charge is 1.96. The molecular formula is C3H10IOS. The SMILES string of the molecule is [2HH].[2H][C]([2H])[S+](=O)(C([2H])([2H])[2H])C([2H])([2H])[2H].[I-].